The first-order valence-corrected chi connectivity index (χ1v) is 31.6. The number of amides is 6. The number of allylic oxidation sites excluding steroid dienone is 2. The maximum absolute atomic E-state index is 13.0. The van der Waals surface area contributed by atoms with Gasteiger partial charge in [0.25, 0.3) is 23.6 Å². The molecule has 2 bridgehead atoms. The van der Waals surface area contributed by atoms with Crippen molar-refractivity contribution in [1.82, 2.24) is 0 Å². The van der Waals surface area contributed by atoms with Gasteiger partial charge in [-0.25, -0.2) is 9.80 Å². The summed E-state index contributed by atoms with van der Waals surface area (Å²) in [7, 11) is 0. The zero-order valence-corrected chi connectivity index (χ0v) is 56.4. The van der Waals surface area contributed by atoms with E-state index in [0.717, 1.165) is 34.4 Å². The number of anilines is 3. The fraction of sp³-hybridized carbons (Fsp3) is 0.392. The van der Waals surface area contributed by atoms with Gasteiger partial charge in [0.2, 0.25) is 11.8 Å². The van der Waals surface area contributed by atoms with Gasteiger partial charge in [-0.2, -0.15) is 0 Å². The minimum Gasteiger partial charge on any atom is -0.274 e. The zero-order valence-electron chi connectivity index (χ0n) is 56.4. The Balaban J connectivity index is 0.000000414. The molecule has 2 fully saturated rings. The van der Waals surface area contributed by atoms with E-state index in [4.69, 9.17) is 0 Å². The second-order valence-electron chi connectivity index (χ2n) is 23.1. The normalized spacial score (nSPS) is 17.2. The molecule has 6 aromatic carbocycles. The Morgan fingerprint density at radius 2 is 0.795 bits per heavy atom. The van der Waals surface area contributed by atoms with E-state index in [2.05, 4.69) is 87.2 Å². The topological polar surface area (TPSA) is 112 Å². The molecule has 3 aliphatic heterocycles. The van der Waals surface area contributed by atoms with Gasteiger partial charge in [-0.05, 0) is 130 Å². The monoisotopic (exact) mass is 1190 g/mol. The SMILES string of the molecule is C.CC.CC.CC.CC.CC.CC.CC(C)(C)c1ccc(N2C(=O)C=C(c3ccccc3)C2=O)cc1.CC(C)(C)c1ccc(N2C(=O)c3ccc(C#Cc4ccccc4)cc3C2=O)cc1.CC1=CC2CC1C1C(=O)N(c3ccc(C(C)(C)C)cc3)C(=O)C21. The molecular weight excluding hydrogens is 1090 g/mol. The van der Waals surface area contributed by atoms with Crippen LogP contribution in [0.15, 0.2) is 169 Å². The van der Waals surface area contributed by atoms with Crippen molar-refractivity contribution in [2.45, 2.75) is 182 Å². The highest BCUT2D eigenvalue weighted by atomic mass is 16.2. The van der Waals surface area contributed by atoms with E-state index in [1.165, 1.54) is 31.9 Å². The first-order chi connectivity index (χ1) is 41.5. The van der Waals surface area contributed by atoms with Crippen LogP contribution in [0.3, 0.4) is 0 Å². The van der Waals surface area contributed by atoms with Gasteiger partial charge < -0.3 is 0 Å². The van der Waals surface area contributed by atoms with E-state index in [9.17, 15) is 28.8 Å². The van der Waals surface area contributed by atoms with Crippen LogP contribution in [0.2, 0.25) is 0 Å². The molecule has 1 saturated carbocycles. The van der Waals surface area contributed by atoms with Crippen molar-refractivity contribution in [3.8, 4) is 11.8 Å². The average molecular weight is 1190 g/mol. The maximum Gasteiger partial charge on any atom is 0.266 e. The molecule has 0 aromatic heterocycles. The van der Waals surface area contributed by atoms with Gasteiger partial charge >= 0.3 is 0 Å². The summed E-state index contributed by atoms with van der Waals surface area (Å²) >= 11 is 0. The molecule has 88 heavy (non-hydrogen) atoms. The highest BCUT2D eigenvalue weighted by Gasteiger charge is 2.61. The quantitative estimate of drug-likeness (QED) is 0.0987. The lowest BCUT2D eigenvalue weighted by Crippen LogP contribution is -2.33. The molecule has 9 nitrogen and oxygen atoms in total. The number of carbonyl (C=O) groups excluding carboxylic acids is 6. The first kappa shape index (κ1) is 75.9. The third kappa shape index (κ3) is 17.5. The second kappa shape index (κ2) is 34.4. The Hall–Kier alpha value is -8.22. The predicted octanol–water partition coefficient (Wildman–Crippen LogP) is 19.6. The minimum absolute atomic E-state index is 0. The second-order valence-corrected chi connectivity index (χ2v) is 23.1. The van der Waals surface area contributed by atoms with Crippen LogP contribution >= 0.6 is 0 Å². The standard InChI is InChI=1S/C26H21NO2.C20H23NO2.C20H19NO2.6C2H6.CH4/c1-26(2,3)20-12-14-21(15-13-20)27-24(28)22-16-11-19(17-23(22)25(27)29)10-9-18-7-5-4-6-8-18;1-11-9-12-10-15(11)17-16(12)18(22)21(19(17)23)14-7-5-13(6-8-14)20(2,3)4;1-20(2,3)15-9-11-16(12-10-15)21-18(22)13-17(19(21)23)14-7-5-4-6-8-14;6*1-2;/h4-8,11-17H,1-3H3;5-9,12,15-17H,10H2,1-4H3;4-13H,1-3H3;6*1-2H3;1H4. The molecule has 11 rings (SSSR count). The summed E-state index contributed by atoms with van der Waals surface area (Å²) in [5.41, 5.74) is 10.5. The molecule has 0 radical (unpaired) electrons. The van der Waals surface area contributed by atoms with E-state index in [-0.39, 0.29) is 82.8 Å². The largest absolute Gasteiger partial charge is 0.274 e. The Morgan fingerprint density at radius 1 is 0.409 bits per heavy atom. The summed E-state index contributed by atoms with van der Waals surface area (Å²) in [5.74, 6) is 5.28. The van der Waals surface area contributed by atoms with Crippen LogP contribution in [0.1, 0.15) is 220 Å². The number of hydrogen-bond acceptors (Lipinski definition) is 6. The van der Waals surface area contributed by atoms with E-state index in [1.807, 2.05) is 217 Å². The number of imide groups is 3. The van der Waals surface area contributed by atoms with Crippen molar-refractivity contribution in [1.29, 1.82) is 0 Å². The summed E-state index contributed by atoms with van der Waals surface area (Å²) in [6.45, 7) is 45.3. The summed E-state index contributed by atoms with van der Waals surface area (Å²) in [6, 6.07) is 47.2. The number of benzene rings is 6. The van der Waals surface area contributed by atoms with Gasteiger partial charge in [0.05, 0.1) is 45.6 Å². The molecule has 1 saturated heterocycles. The molecule has 4 atom stereocenters. The van der Waals surface area contributed by atoms with Crippen molar-refractivity contribution in [2.24, 2.45) is 23.7 Å². The molecular formula is C79H103N3O6. The molecule has 2 aliphatic carbocycles. The highest BCUT2D eigenvalue weighted by molar-refractivity contribution is 6.43. The summed E-state index contributed by atoms with van der Waals surface area (Å²) in [4.78, 5) is 80.4. The lowest BCUT2D eigenvalue weighted by Gasteiger charge is -2.22. The number of rotatable bonds is 4. The van der Waals surface area contributed by atoms with Crippen LogP contribution in [0.25, 0.3) is 5.57 Å². The van der Waals surface area contributed by atoms with Gasteiger partial charge in [-0.15, -0.1) is 0 Å². The molecule has 0 N–H and O–H groups in total. The van der Waals surface area contributed by atoms with Gasteiger partial charge in [-0.3, -0.25) is 33.7 Å². The summed E-state index contributed by atoms with van der Waals surface area (Å²) in [5, 5.41) is 0. The van der Waals surface area contributed by atoms with Crippen molar-refractivity contribution >= 4 is 58.1 Å². The number of carbonyl (C=O) groups is 6. The van der Waals surface area contributed by atoms with Crippen LogP contribution in [0.4, 0.5) is 17.1 Å². The molecule has 4 unspecified atom stereocenters. The van der Waals surface area contributed by atoms with Gasteiger partial charge in [-0.1, -0.05) is 261 Å². The Kier molecular flexibility index (Phi) is 29.6. The van der Waals surface area contributed by atoms with Crippen molar-refractivity contribution in [3.05, 3.63) is 214 Å². The van der Waals surface area contributed by atoms with Crippen LogP contribution in [-0.2, 0) is 35.4 Å². The predicted molar refractivity (Wildman–Crippen MR) is 372 cm³/mol. The maximum atomic E-state index is 13.0. The average Bonchev–Trinajstić information content (AvgIpc) is 1.57. The highest BCUT2D eigenvalue weighted by Crippen LogP contribution is 2.56. The Morgan fingerprint density at radius 3 is 1.24 bits per heavy atom. The summed E-state index contributed by atoms with van der Waals surface area (Å²) in [6.07, 6.45) is 4.61. The lowest BCUT2D eigenvalue weighted by molar-refractivity contribution is -0.123. The van der Waals surface area contributed by atoms with E-state index in [1.54, 1.807) is 18.2 Å². The first-order valence-electron chi connectivity index (χ1n) is 31.6. The van der Waals surface area contributed by atoms with Crippen molar-refractivity contribution in [3.63, 3.8) is 0 Å². The fourth-order valence-electron chi connectivity index (χ4n) is 10.6. The Labute approximate surface area is 530 Å². The van der Waals surface area contributed by atoms with E-state index < -0.39 is 0 Å². The molecule has 0 spiro atoms. The van der Waals surface area contributed by atoms with E-state index >= 15 is 0 Å². The fourth-order valence-corrected chi connectivity index (χ4v) is 10.6. The Bertz CT molecular complexity index is 3380. The molecule has 9 heteroatoms. The lowest BCUT2D eigenvalue weighted by atomic mass is 9.82. The zero-order chi connectivity index (χ0) is 65.7. The number of hydrogen-bond donors (Lipinski definition) is 0. The molecule has 3 heterocycles. The third-order valence-corrected chi connectivity index (χ3v) is 14.9. The smallest absolute Gasteiger partial charge is 0.266 e. The van der Waals surface area contributed by atoms with Crippen LogP contribution < -0.4 is 14.7 Å². The molecule has 6 amide bonds. The van der Waals surface area contributed by atoms with Crippen molar-refractivity contribution < 1.29 is 28.8 Å². The molecule has 470 valence electrons. The summed E-state index contributed by atoms with van der Waals surface area (Å²) < 4.78 is 0. The van der Waals surface area contributed by atoms with Gasteiger partial charge in [0, 0.05) is 17.2 Å². The van der Waals surface area contributed by atoms with E-state index in [0.29, 0.717) is 33.6 Å². The van der Waals surface area contributed by atoms with Gasteiger partial charge in [0.1, 0.15) is 0 Å². The number of nitrogens with zero attached hydrogens (tertiary/aromatic N) is 3. The van der Waals surface area contributed by atoms with Crippen molar-refractivity contribution in [2.75, 3.05) is 14.7 Å². The minimum atomic E-state index is -0.308. The molecule has 5 aliphatic rings. The van der Waals surface area contributed by atoms with Gasteiger partial charge in [0.15, 0.2) is 0 Å². The van der Waals surface area contributed by atoms with Crippen LogP contribution in [-0.4, -0.2) is 35.4 Å². The van der Waals surface area contributed by atoms with Crippen LogP contribution in [0.5, 0.6) is 0 Å². The third-order valence-electron chi connectivity index (χ3n) is 14.9. The number of fused-ring (bicyclic) bond motifs is 6. The molecule has 6 aromatic rings. The van der Waals surface area contributed by atoms with Crippen LogP contribution in [0, 0.1) is 35.5 Å².